The van der Waals surface area contributed by atoms with Gasteiger partial charge in [-0.2, -0.15) is 0 Å². The maximum absolute atomic E-state index is 10.9. The predicted octanol–water partition coefficient (Wildman–Crippen LogP) is 15.7. The second kappa shape index (κ2) is 46.6. The van der Waals surface area contributed by atoms with E-state index in [4.69, 9.17) is 8.37 Å². The molecule has 6 heteroatoms. The minimum absolute atomic E-state index is 0.100. The van der Waals surface area contributed by atoms with Crippen LogP contribution in [-0.2, 0) is 18.0 Å². The second-order valence-electron chi connectivity index (χ2n) is 13.9. The zero-order chi connectivity index (χ0) is 35.4. The van der Waals surface area contributed by atoms with Crippen LogP contribution in [0.25, 0.3) is 0 Å². The second-order valence-corrected chi connectivity index (χ2v) is 15.5. The molecule has 0 unspecified atom stereocenters. The Labute approximate surface area is 310 Å². The van der Waals surface area contributed by atoms with Gasteiger partial charge in [-0.3, -0.25) is 9.59 Å². The molecule has 0 aromatic heterocycles. The van der Waals surface area contributed by atoms with Gasteiger partial charge in [0.15, 0.2) is 0 Å². The van der Waals surface area contributed by atoms with E-state index >= 15 is 0 Å². The molecule has 0 heterocycles. The molecule has 0 fully saturated rings. The molecule has 0 radical (unpaired) electrons. The molecule has 0 aliphatic carbocycles. The van der Waals surface area contributed by atoms with Crippen LogP contribution in [0.2, 0.25) is 0 Å². The van der Waals surface area contributed by atoms with E-state index in [2.05, 4.69) is 13.8 Å². The fourth-order valence-electron chi connectivity index (χ4n) is 5.75. The topological polar surface area (TPSA) is 52.6 Å². The van der Waals surface area contributed by atoms with Crippen molar-refractivity contribution in [1.29, 1.82) is 0 Å². The molecule has 0 saturated carbocycles. The zero-order valence-electron chi connectivity index (χ0n) is 32.9. The summed E-state index contributed by atoms with van der Waals surface area (Å²) in [5.74, 6) is 1.70. The van der Waals surface area contributed by atoms with Gasteiger partial charge in [0.2, 0.25) is 0 Å². The van der Waals surface area contributed by atoms with E-state index in [1.54, 1.807) is 0 Å². The predicted molar refractivity (Wildman–Crippen MR) is 217 cm³/mol. The Bertz CT molecular complexity index is 564. The van der Waals surface area contributed by atoms with Crippen LogP contribution in [0.1, 0.15) is 246 Å². The summed E-state index contributed by atoms with van der Waals surface area (Å²) in [7, 11) is 0. The molecule has 0 aliphatic rings. The molecule has 0 aromatic carbocycles. The maximum atomic E-state index is 10.9. The number of unbranched alkanes of at least 4 members (excludes halogenated alkanes) is 30. The van der Waals surface area contributed by atoms with Gasteiger partial charge < -0.3 is 8.37 Å². The van der Waals surface area contributed by atoms with Crippen molar-refractivity contribution >= 4 is 36.0 Å². The molecular formula is C42H84O4S2. The van der Waals surface area contributed by atoms with Crippen LogP contribution >= 0.6 is 24.1 Å². The molecule has 0 amide bonds. The highest BCUT2D eigenvalue weighted by Crippen LogP contribution is 2.16. The van der Waals surface area contributed by atoms with Gasteiger partial charge in [0.05, 0.1) is 24.1 Å². The molecule has 0 rings (SSSR count). The Kier molecular flexibility index (Phi) is 48.3. The van der Waals surface area contributed by atoms with Crippen molar-refractivity contribution in [3.8, 4) is 0 Å². The van der Waals surface area contributed by atoms with Crippen molar-refractivity contribution in [1.82, 2.24) is 0 Å². The van der Waals surface area contributed by atoms with Crippen molar-refractivity contribution in [2.24, 2.45) is 0 Å². The van der Waals surface area contributed by atoms with Crippen LogP contribution in [0.5, 0.6) is 0 Å². The highest BCUT2D eigenvalue weighted by molar-refractivity contribution is 7.95. The van der Waals surface area contributed by atoms with Crippen molar-refractivity contribution < 1.29 is 18.0 Å². The smallest absolute Gasteiger partial charge is 0.317 e. The fourth-order valence-corrected chi connectivity index (χ4v) is 7.06. The van der Waals surface area contributed by atoms with Gasteiger partial charge in [-0.1, -0.05) is 220 Å². The minimum atomic E-state index is -0.100. The molecular weight excluding hydrogens is 633 g/mol. The molecule has 0 aromatic rings. The zero-order valence-corrected chi connectivity index (χ0v) is 34.5. The number of carbonyl (C=O) groups is 2. The summed E-state index contributed by atoms with van der Waals surface area (Å²) in [6.07, 6.45) is 45.6. The molecule has 0 saturated heterocycles. The van der Waals surface area contributed by atoms with E-state index in [1.807, 2.05) is 13.8 Å². The first kappa shape index (κ1) is 49.8. The van der Waals surface area contributed by atoms with Gasteiger partial charge >= 0.3 is 11.9 Å². The Balaban J connectivity index is 0. The summed E-state index contributed by atoms with van der Waals surface area (Å²) in [4.78, 5) is 21.9. The van der Waals surface area contributed by atoms with E-state index < -0.39 is 0 Å². The maximum Gasteiger partial charge on any atom is 0.317 e. The van der Waals surface area contributed by atoms with Crippen molar-refractivity contribution in [2.75, 3.05) is 11.5 Å². The first-order chi connectivity index (χ1) is 23.6. The molecule has 48 heavy (non-hydrogen) atoms. The summed E-state index contributed by atoms with van der Waals surface area (Å²) in [6, 6.07) is 0. The quantitative estimate of drug-likeness (QED) is 0.0468. The van der Waals surface area contributed by atoms with Gasteiger partial charge in [-0.25, -0.2) is 0 Å². The fraction of sp³-hybridized carbons (Fsp3) is 0.952. The Morgan fingerprint density at radius 3 is 0.688 bits per heavy atom. The minimum Gasteiger partial charge on any atom is -0.391 e. The molecule has 0 spiro atoms. The van der Waals surface area contributed by atoms with E-state index in [0.29, 0.717) is 12.8 Å². The Hall–Kier alpha value is -0.360. The molecule has 0 aliphatic heterocycles. The summed E-state index contributed by atoms with van der Waals surface area (Å²) in [5, 5.41) is 0. The third kappa shape index (κ3) is 47.8. The van der Waals surface area contributed by atoms with Crippen LogP contribution in [0.15, 0.2) is 0 Å². The van der Waals surface area contributed by atoms with E-state index in [-0.39, 0.29) is 11.9 Å². The van der Waals surface area contributed by atoms with Crippen LogP contribution in [0, 0.1) is 0 Å². The molecule has 4 nitrogen and oxygen atoms in total. The number of carbonyl (C=O) groups excluding carboxylic acids is 2. The monoisotopic (exact) mass is 717 g/mol. The van der Waals surface area contributed by atoms with E-state index in [1.165, 1.54) is 230 Å². The normalized spacial score (nSPS) is 10.9. The standard InChI is InChI=1S/2C21H42O2S/c2*1-3-5-6-7-8-9-10-11-12-13-14-15-16-17-18-19-20-24-23-21(22)4-2/h2*3-20H2,1-2H3. The van der Waals surface area contributed by atoms with Crippen molar-refractivity contribution in [2.45, 2.75) is 246 Å². The Morgan fingerprint density at radius 1 is 0.312 bits per heavy atom. The summed E-state index contributed by atoms with van der Waals surface area (Å²) in [6.45, 7) is 8.23. The summed E-state index contributed by atoms with van der Waals surface area (Å²) in [5.41, 5.74) is 0. The van der Waals surface area contributed by atoms with Crippen LogP contribution in [-0.4, -0.2) is 23.4 Å². The summed E-state index contributed by atoms with van der Waals surface area (Å²) < 4.78 is 9.99. The van der Waals surface area contributed by atoms with Gasteiger partial charge in [0, 0.05) is 24.3 Å². The summed E-state index contributed by atoms with van der Waals surface area (Å²) >= 11 is 2.65. The average Bonchev–Trinajstić information content (AvgIpc) is 3.10. The number of hydrogen-bond donors (Lipinski definition) is 0. The SMILES string of the molecule is CCCCCCCCCCCCCCCCCCSOC(=O)CC.CCCCCCCCCCCCCCCCCCSOC(=O)CC. The molecule has 0 bridgehead atoms. The first-order valence-electron chi connectivity index (χ1n) is 21.3. The molecule has 0 N–H and O–H groups in total. The van der Waals surface area contributed by atoms with Gasteiger partial charge in [-0.05, 0) is 12.8 Å². The first-order valence-corrected chi connectivity index (χ1v) is 23.1. The molecule has 288 valence electrons. The lowest BCUT2D eigenvalue weighted by Gasteiger charge is -2.04. The molecule has 0 atom stereocenters. The lowest BCUT2D eigenvalue weighted by Crippen LogP contribution is -1.96. The third-order valence-corrected chi connectivity index (χ3v) is 10.6. The van der Waals surface area contributed by atoms with Crippen LogP contribution in [0.4, 0.5) is 0 Å². The third-order valence-electron chi connectivity index (χ3n) is 9.04. The van der Waals surface area contributed by atoms with Gasteiger partial charge in [0.25, 0.3) is 0 Å². The number of rotatable bonds is 38. The lowest BCUT2D eigenvalue weighted by atomic mass is 10.0. The number of hydrogen-bond acceptors (Lipinski definition) is 6. The lowest BCUT2D eigenvalue weighted by molar-refractivity contribution is -0.133. The highest BCUT2D eigenvalue weighted by Gasteiger charge is 2.01. The Morgan fingerprint density at radius 2 is 0.500 bits per heavy atom. The van der Waals surface area contributed by atoms with Crippen molar-refractivity contribution in [3.05, 3.63) is 0 Å². The van der Waals surface area contributed by atoms with Crippen LogP contribution in [0.3, 0.4) is 0 Å². The van der Waals surface area contributed by atoms with Gasteiger partial charge in [0.1, 0.15) is 0 Å². The largest absolute Gasteiger partial charge is 0.391 e. The van der Waals surface area contributed by atoms with Crippen molar-refractivity contribution in [3.63, 3.8) is 0 Å². The van der Waals surface area contributed by atoms with Crippen LogP contribution < -0.4 is 0 Å². The average molecular weight is 717 g/mol. The van der Waals surface area contributed by atoms with Gasteiger partial charge in [-0.15, -0.1) is 0 Å². The highest BCUT2D eigenvalue weighted by atomic mass is 32.2. The van der Waals surface area contributed by atoms with E-state index in [9.17, 15) is 9.59 Å². The van der Waals surface area contributed by atoms with E-state index in [0.717, 1.165) is 11.5 Å².